The molecule has 0 unspecified atom stereocenters. The van der Waals surface area contributed by atoms with Gasteiger partial charge < -0.3 is 19.5 Å². The number of ether oxygens (including phenoxy) is 1. The monoisotopic (exact) mass is 403 g/mol. The fourth-order valence-electron chi connectivity index (χ4n) is 2.99. The molecule has 1 saturated heterocycles. The summed E-state index contributed by atoms with van der Waals surface area (Å²) >= 11 is 1.60. The number of carbonyl (C=O) groups is 1. The lowest BCUT2D eigenvalue weighted by Gasteiger charge is -2.28. The molecule has 11 heteroatoms. The Morgan fingerprint density at radius 3 is 2.93 bits per heavy atom. The van der Waals surface area contributed by atoms with Crippen LogP contribution in [-0.2, 0) is 11.3 Å². The van der Waals surface area contributed by atoms with Crippen LogP contribution in [0.2, 0.25) is 0 Å². The quantitative estimate of drug-likeness (QED) is 0.459. The molecule has 0 aliphatic carbocycles. The summed E-state index contributed by atoms with van der Waals surface area (Å²) in [7, 11) is 0. The molecule has 3 aromatic heterocycles. The lowest BCUT2D eigenvalue weighted by atomic mass is 10.3. The maximum atomic E-state index is 12.0. The fraction of sp³-hybridized carbons (Fsp3) is 0.471. The van der Waals surface area contributed by atoms with Gasteiger partial charge in [-0.1, -0.05) is 23.8 Å². The van der Waals surface area contributed by atoms with Crippen LogP contribution < -0.4 is 10.2 Å². The Bertz CT molecular complexity index is 938. The zero-order chi connectivity index (χ0) is 19.3. The molecule has 1 amide bonds. The molecule has 1 aliphatic heterocycles. The maximum absolute atomic E-state index is 12.0. The Labute approximate surface area is 165 Å². The average Bonchev–Trinajstić information content (AvgIpc) is 3.39. The highest BCUT2D eigenvalue weighted by Crippen LogP contribution is 2.27. The minimum Gasteiger partial charge on any atom is -0.378 e. The summed E-state index contributed by atoms with van der Waals surface area (Å²) in [5.74, 6) is 1.65. The van der Waals surface area contributed by atoms with Gasteiger partial charge in [0.25, 0.3) is 5.91 Å². The van der Waals surface area contributed by atoms with E-state index in [9.17, 15) is 4.79 Å². The van der Waals surface area contributed by atoms with Crippen molar-refractivity contribution in [2.24, 2.45) is 0 Å². The lowest BCUT2D eigenvalue weighted by molar-refractivity contribution is 0.0915. The maximum Gasteiger partial charge on any atom is 0.289 e. The molecule has 0 spiro atoms. The van der Waals surface area contributed by atoms with Gasteiger partial charge >= 0.3 is 0 Å². The van der Waals surface area contributed by atoms with Crippen molar-refractivity contribution in [3.05, 3.63) is 24.2 Å². The first-order valence-corrected chi connectivity index (χ1v) is 10.1. The van der Waals surface area contributed by atoms with Crippen LogP contribution in [0, 0.1) is 0 Å². The highest BCUT2D eigenvalue weighted by Gasteiger charge is 2.20. The summed E-state index contributed by atoms with van der Waals surface area (Å²) in [6.45, 7) is 5.90. The van der Waals surface area contributed by atoms with E-state index in [0.717, 1.165) is 40.9 Å². The van der Waals surface area contributed by atoms with E-state index in [1.165, 1.54) is 12.3 Å². The van der Waals surface area contributed by atoms with Crippen LogP contribution in [0.5, 0.6) is 0 Å². The van der Waals surface area contributed by atoms with Crippen molar-refractivity contribution in [2.75, 3.05) is 43.5 Å². The molecule has 10 nitrogen and oxygen atoms in total. The topological polar surface area (TPSA) is 111 Å². The van der Waals surface area contributed by atoms with Crippen molar-refractivity contribution >= 4 is 34.5 Å². The van der Waals surface area contributed by atoms with Gasteiger partial charge in [0, 0.05) is 25.7 Å². The zero-order valence-electron chi connectivity index (χ0n) is 15.5. The van der Waals surface area contributed by atoms with Gasteiger partial charge in [-0.15, -0.1) is 0 Å². The van der Waals surface area contributed by atoms with E-state index < -0.39 is 0 Å². The molecule has 0 saturated carbocycles. The number of fused-ring (bicyclic) bond motifs is 1. The molecule has 0 aromatic carbocycles. The van der Waals surface area contributed by atoms with E-state index in [-0.39, 0.29) is 11.7 Å². The van der Waals surface area contributed by atoms with Crippen molar-refractivity contribution in [1.82, 2.24) is 30.2 Å². The smallest absolute Gasteiger partial charge is 0.289 e. The molecule has 0 bridgehead atoms. The molecule has 3 aromatic rings. The van der Waals surface area contributed by atoms with Crippen molar-refractivity contribution in [2.45, 2.75) is 18.6 Å². The molecule has 1 aliphatic rings. The number of hydrogen-bond donors (Lipinski definition) is 1. The third-order valence-electron chi connectivity index (χ3n) is 4.31. The number of nitrogens with one attached hydrogen (secondary N) is 1. The van der Waals surface area contributed by atoms with Gasteiger partial charge in [-0.2, -0.15) is 5.10 Å². The first-order chi connectivity index (χ1) is 13.8. The predicted molar refractivity (Wildman–Crippen MR) is 104 cm³/mol. The number of nitrogens with zero attached hydrogens (tertiary/aromatic N) is 6. The van der Waals surface area contributed by atoms with Crippen LogP contribution in [0.1, 0.15) is 17.5 Å². The summed E-state index contributed by atoms with van der Waals surface area (Å²) in [4.78, 5) is 23.6. The molecule has 4 heterocycles. The van der Waals surface area contributed by atoms with E-state index in [1.54, 1.807) is 22.6 Å². The van der Waals surface area contributed by atoms with Gasteiger partial charge in [-0.25, -0.2) is 14.6 Å². The molecule has 1 N–H and O–H groups in total. The Balaban J connectivity index is 1.55. The molecule has 0 radical (unpaired) electrons. The molecule has 0 atom stereocenters. The lowest BCUT2D eigenvalue weighted by Crippen LogP contribution is -2.37. The number of thioether (sulfide) groups is 1. The van der Waals surface area contributed by atoms with Gasteiger partial charge in [-0.3, -0.25) is 4.79 Å². The summed E-state index contributed by atoms with van der Waals surface area (Å²) in [5, 5.41) is 12.4. The van der Waals surface area contributed by atoms with E-state index in [4.69, 9.17) is 14.2 Å². The second-order valence-corrected chi connectivity index (χ2v) is 7.33. The second kappa shape index (κ2) is 8.57. The Kier molecular flexibility index (Phi) is 5.72. The van der Waals surface area contributed by atoms with E-state index in [0.29, 0.717) is 26.3 Å². The number of hydrogen-bond acceptors (Lipinski definition) is 9. The van der Waals surface area contributed by atoms with Gasteiger partial charge in [0.15, 0.2) is 10.8 Å². The minimum atomic E-state index is -0.306. The van der Waals surface area contributed by atoms with E-state index in [1.807, 2.05) is 0 Å². The normalized spacial score (nSPS) is 14.5. The first kappa shape index (κ1) is 18.7. The number of rotatable bonds is 7. The standard InChI is InChI=1S/C17H21N7O3S/c1-2-28-17-21-14(23-7-9-26-10-8-23)12-11-19-24(15(12)22-17)6-5-18-16(25)13-3-4-20-27-13/h3-4,11H,2,5-10H2,1H3,(H,18,25). The minimum absolute atomic E-state index is 0.184. The van der Waals surface area contributed by atoms with Gasteiger partial charge in [0.2, 0.25) is 5.76 Å². The predicted octanol–water partition coefficient (Wildman–Crippen LogP) is 1.19. The Morgan fingerprint density at radius 1 is 1.32 bits per heavy atom. The summed E-state index contributed by atoms with van der Waals surface area (Å²) in [6.07, 6.45) is 3.23. The molecular formula is C17H21N7O3S. The summed E-state index contributed by atoms with van der Waals surface area (Å²) in [5.41, 5.74) is 0.765. The fourth-order valence-corrected chi connectivity index (χ4v) is 3.55. The van der Waals surface area contributed by atoms with Gasteiger partial charge in [-0.05, 0) is 5.75 Å². The van der Waals surface area contributed by atoms with Gasteiger partial charge in [0.05, 0.1) is 37.5 Å². The van der Waals surface area contributed by atoms with Crippen LogP contribution in [-0.4, -0.2) is 69.4 Å². The van der Waals surface area contributed by atoms with Crippen molar-refractivity contribution in [1.29, 1.82) is 0 Å². The number of carbonyl (C=O) groups excluding carboxylic acids is 1. The molecule has 1 fully saturated rings. The van der Waals surface area contributed by atoms with Crippen molar-refractivity contribution < 1.29 is 14.1 Å². The zero-order valence-corrected chi connectivity index (χ0v) is 16.3. The molecule has 28 heavy (non-hydrogen) atoms. The number of aromatic nitrogens is 5. The third-order valence-corrected chi connectivity index (χ3v) is 5.04. The number of morpholine rings is 1. The second-order valence-electron chi connectivity index (χ2n) is 6.10. The molecule has 148 valence electrons. The summed E-state index contributed by atoms with van der Waals surface area (Å²) in [6, 6.07) is 1.52. The van der Waals surface area contributed by atoms with Gasteiger partial charge in [0.1, 0.15) is 5.82 Å². The van der Waals surface area contributed by atoms with Crippen LogP contribution in [0.4, 0.5) is 5.82 Å². The van der Waals surface area contributed by atoms with Crippen molar-refractivity contribution in [3.8, 4) is 0 Å². The average molecular weight is 403 g/mol. The largest absolute Gasteiger partial charge is 0.378 e. The highest BCUT2D eigenvalue weighted by atomic mass is 32.2. The van der Waals surface area contributed by atoms with Crippen molar-refractivity contribution in [3.63, 3.8) is 0 Å². The molecule has 4 rings (SSSR count). The van der Waals surface area contributed by atoms with E-state index >= 15 is 0 Å². The SMILES string of the molecule is CCSc1nc(N2CCOCC2)c2cnn(CCNC(=O)c3ccno3)c2n1. The highest BCUT2D eigenvalue weighted by molar-refractivity contribution is 7.99. The van der Waals surface area contributed by atoms with Crippen LogP contribution in [0.25, 0.3) is 11.0 Å². The number of amides is 1. The third kappa shape index (κ3) is 3.94. The number of anilines is 1. The molecular weight excluding hydrogens is 382 g/mol. The first-order valence-electron chi connectivity index (χ1n) is 9.14. The van der Waals surface area contributed by atoms with Crippen LogP contribution in [0.15, 0.2) is 28.1 Å². The summed E-state index contributed by atoms with van der Waals surface area (Å²) < 4.78 is 12.1. The van der Waals surface area contributed by atoms with Crippen LogP contribution >= 0.6 is 11.8 Å². The Hall–Kier alpha value is -2.66. The van der Waals surface area contributed by atoms with Crippen LogP contribution in [0.3, 0.4) is 0 Å². The van der Waals surface area contributed by atoms with E-state index in [2.05, 4.69) is 32.4 Å². The Morgan fingerprint density at radius 2 is 2.18 bits per heavy atom.